The lowest BCUT2D eigenvalue weighted by Gasteiger charge is -2.00. The Kier molecular flexibility index (Phi) is 7.81. The van der Waals surface area contributed by atoms with Crippen LogP contribution in [0, 0.1) is 30.6 Å². The standard InChI is InChI=1S/C14H12N6OS.2CHN/c1-8-5-16-7-11(18-8)13(21)20-14-19-10-3-2-9(6-17-15)4-12(10)22-14;2*1-2/h2-7H,15H2,1H3,(H,19,20,21);2*1H. The molecule has 2 heterocycles. The molecule has 26 heavy (non-hydrogen) atoms. The molecule has 0 aliphatic rings. The normalized spacial score (nSPS) is 9.58. The first-order valence-electron chi connectivity index (χ1n) is 6.91. The van der Waals surface area contributed by atoms with Crippen LogP contribution in [-0.4, -0.2) is 27.1 Å². The van der Waals surface area contributed by atoms with E-state index in [1.165, 1.54) is 17.5 Å². The second kappa shape index (κ2) is 10.1. The topological polar surface area (TPSA) is 154 Å². The van der Waals surface area contributed by atoms with Gasteiger partial charge in [-0.05, 0) is 24.6 Å². The number of carbonyl (C=O) groups is 1. The number of carbonyl (C=O) groups excluding carboxylic acids is 1. The Balaban J connectivity index is 0.000000791. The summed E-state index contributed by atoms with van der Waals surface area (Å²) in [6.45, 7) is 8.78. The van der Waals surface area contributed by atoms with Crippen LogP contribution >= 0.6 is 11.3 Å². The minimum Gasteiger partial charge on any atom is -0.323 e. The van der Waals surface area contributed by atoms with E-state index >= 15 is 0 Å². The van der Waals surface area contributed by atoms with E-state index < -0.39 is 0 Å². The smallest absolute Gasteiger partial charge is 0.277 e. The van der Waals surface area contributed by atoms with E-state index in [0.717, 1.165) is 15.8 Å². The average Bonchev–Trinajstić information content (AvgIpc) is 3.07. The minimum atomic E-state index is -0.334. The van der Waals surface area contributed by atoms with Crippen molar-refractivity contribution in [3.05, 3.63) is 47.5 Å². The Morgan fingerprint density at radius 2 is 2.00 bits per heavy atom. The highest BCUT2D eigenvalue weighted by molar-refractivity contribution is 7.22. The zero-order valence-corrected chi connectivity index (χ0v) is 14.5. The zero-order chi connectivity index (χ0) is 19.5. The number of rotatable bonds is 3. The summed E-state index contributed by atoms with van der Waals surface area (Å²) in [5, 5.41) is 19.7. The Hall–Kier alpha value is -3.89. The number of hydrazone groups is 1. The highest BCUT2D eigenvalue weighted by atomic mass is 32.1. The van der Waals surface area contributed by atoms with E-state index in [4.69, 9.17) is 16.4 Å². The molecule has 3 aromatic rings. The third kappa shape index (κ3) is 5.06. The van der Waals surface area contributed by atoms with Crippen molar-refractivity contribution < 1.29 is 4.79 Å². The molecule has 1 amide bonds. The van der Waals surface area contributed by atoms with Crippen LogP contribution < -0.4 is 11.2 Å². The van der Waals surface area contributed by atoms with Gasteiger partial charge in [-0.15, -0.1) is 0 Å². The number of amides is 1. The van der Waals surface area contributed by atoms with Crippen LogP contribution in [0.2, 0.25) is 0 Å². The maximum atomic E-state index is 12.1. The summed E-state index contributed by atoms with van der Waals surface area (Å²) in [7, 11) is 0. The molecule has 0 aliphatic carbocycles. The highest BCUT2D eigenvalue weighted by Crippen LogP contribution is 2.26. The van der Waals surface area contributed by atoms with Crippen LogP contribution in [-0.2, 0) is 0 Å². The second-order valence-corrected chi connectivity index (χ2v) is 5.55. The largest absolute Gasteiger partial charge is 0.323 e. The minimum absolute atomic E-state index is 0.259. The molecule has 0 bridgehead atoms. The molecule has 3 N–H and O–H groups in total. The first kappa shape index (κ1) is 20.2. The first-order valence-corrected chi connectivity index (χ1v) is 7.73. The molecule has 0 fully saturated rings. The Morgan fingerprint density at radius 3 is 2.65 bits per heavy atom. The van der Waals surface area contributed by atoms with Gasteiger partial charge in [0.15, 0.2) is 5.13 Å². The summed E-state index contributed by atoms with van der Waals surface area (Å²) in [6, 6.07) is 5.62. The number of nitriles is 2. The fraction of sp³-hybridized carbons (Fsp3) is 0.0625. The number of fused-ring (bicyclic) bond motifs is 1. The molecule has 0 saturated heterocycles. The van der Waals surface area contributed by atoms with Gasteiger partial charge in [0.25, 0.3) is 5.91 Å². The van der Waals surface area contributed by atoms with Gasteiger partial charge in [0, 0.05) is 19.3 Å². The highest BCUT2D eigenvalue weighted by Gasteiger charge is 2.11. The van der Waals surface area contributed by atoms with Crippen LogP contribution in [0.25, 0.3) is 10.2 Å². The van der Waals surface area contributed by atoms with Gasteiger partial charge >= 0.3 is 0 Å². The zero-order valence-electron chi connectivity index (χ0n) is 13.7. The first-order chi connectivity index (χ1) is 12.7. The molecule has 0 atom stereocenters. The predicted molar refractivity (Wildman–Crippen MR) is 99.5 cm³/mol. The molecule has 2 aromatic heterocycles. The lowest BCUT2D eigenvalue weighted by molar-refractivity contribution is 0.102. The SMILES string of the molecule is C#N.C#N.Cc1cncc(C(=O)Nc2nc3ccc(C=NN)cc3s2)n1. The van der Waals surface area contributed by atoms with Crippen LogP contribution in [0.3, 0.4) is 0 Å². The summed E-state index contributed by atoms with van der Waals surface area (Å²) in [4.78, 5) is 24.6. The van der Waals surface area contributed by atoms with Crippen molar-refractivity contribution in [3.8, 4) is 13.1 Å². The van der Waals surface area contributed by atoms with Crippen molar-refractivity contribution in [1.29, 1.82) is 10.5 Å². The van der Waals surface area contributed by atoms with Crippen LogP contribution in [0.5, 0.6) is 0 Å². The van der Waals surface area contributed by atoms with E-state index in [1.54, 1.807) is 19.3 Å². The third-order valence-corrected chi connectivity index (χ3v) is 3.78. The van der Waals surface area contributed by atoms with E-state index in [1.807, 2.05) is 18.2 Å². The quantitative estimate of drug-likeness (QED) is 0.409. The van der Waals surface area contributed by atoms with Crippen molar-refractivity contribution >= 4 is 38.8 Å². The number of nitrogens with zero attached hydrogens (tertiary/aromatic N) is 6. The lowest BCUT2D eigenvalue weighted by atomic mass is 10.2. The van der Waals surface area contributed by atoms with Gasteiger partial charge < -0.3 is 5.84 Å². The Bertz CT molecular complexity index is 954. The summed E-state index contributed by atoms with van der Waals surface area (Å²) in [6.07, 6.45) is 4.57. The number of thiazole rings is 1. The van der Waals surface area contributed by atoms with Gasteiger partial charge in [0.1, 0.15) is 5.69 Å². The Labute approximate surface area is 153 Å². The molecular formula is C16H14N8OS. The van der Waals surface area contributed by atoms with Crippen molar-refractivity contribution in [3.63, 3.8) is 0 Å². The fourth-order valence-electron chi connectivity index (χ4n) is 1.90. The molecular weight excluding hydrogens is 352 g/mol. The van der Waals surface area contributed by atoms with Gasteiger partial charge in [-0.1, -0.05) is 17.4 Å². The molecule has 0 spiro atoms. The lowest BCUT2D eigenvalue weighted by Crippen LogP contribution is -2.14. The van der Waals surface area contributed by atoms with Gasteiger partial charge in [-0.3, -0.25) is 15.1 Å². The molecule has 3 rings (SSSR count). The number of aromatic nitrogens is 3. The van der Waals surface area contributed by atoms with Crippen LogP contribution in [0.4, 0.5) is 5.13 Å². The molecule has 130 valence electrons. The average molecular weight is 366 g/mol. The predicted octanol–water partition coefficient (Wildman–Crippen LogP) is 2.22. The number of nitrogens with one attached hydrogen (secondary N) is 1. The number of hydrogen-bond donors (Lipinski definition) is 2. The number of hydrogen-bond acceptors (Lipinski definition) is 9. The maximum absolute atomic E-state index is 12.1. The number of anilines is 1. The van der Waals surface area contributed by atoms with Gasteiger partial charge in [-0.25, -0.2) is 20.5 Å². The van der Waals surface area contributed by atoms with E-state index in [-0.39, 0.29) is 11.6 Å². The van der Waals surface area contributed by atoms with Gasteiger partial charge in [0.05, 0.1) is 28.3 Å². The number of benzene rings is 1. The summed E-state index contributed by atoms with van der Waals surface area (Å²) >= 11 is 1.37. The monoisotopic (exact) mass is 366 g/mol. The molecule has 0 saturated carbocycles. The van der Waals surface area contributed by atoms with Crippen molar-refractivity contribution in [1.82, 2.24) is 15.0 Å². The molecule has 0 unspecified atom stereocenters. The third-order valence-electron chi connectivity index (χ3n) is 2.84. The second-order valence-electron chi connectivity index (χ2n) is 4.52. The van der Waals surface area contributed by atoms with E-state index in [0.29, 0.717) is 10.8 Å². The number of nitrogens with two attached hydrogens (primary N) is 1. The fourth-order valence-corrected chi connectivity index (χ4v) is 2.80. The van der Waals surface area contributed by atoms with Crippen LogP contribution in [0.15, 0.2) is 35.7 Å². The summed E-state index contributed by atoms with van der Waals surface area (Å²) < 4.78 is 0.933. The van der Waals surface area contributed by atoms with E-state index in [2.05, 4.69) is 38.5 Å². The molecule has 0 aliphatic heterocycles. The van der Waals surface area contributed by atoms with Gasteiger partial charge in [-0.2, -0.15) is 5.10 Å². The molecule has 9 nitrogen and oxygen atoms in total. The molecule has 0 radical (unpaired) electrons. The number of aryl methyl sites for hydroxylation is 1. The Morgan fingerprint density at radius 1 is 1.27 bits per heavy atom. The maximum Gasteiger partial charge on any atom is 0.277 e. The molecule has 10 heteroatoms. The van der Waals surface area contributed by atoms with Gasteiger partial charge in [0.2, 0.25) is 0 Å². The van der Waals surface area contributed by atoms with Crippen molar-refractivity contribution in [2.24, 2.45) is 10.9 Å². The molecule has 1 aromatic carbocycles. The van der Waals surface area contributed by atoms with Crippen LogP contribution in [0.1, 0.15) is 21.7 Å². The summed E-state index contributed by atoms with van der Waals surface area (Å²) in [5.41, 5.74) is 2.61. The van der Waals surface area contributed by atoms with Crippen molar-refractivity contribution in [2.45, 2.75) is 6.92 Å². The summed E-state index contributed by atoms with van der Waals surface area (Å²) in [5.74, 6) is 4.81. The van der Waals surface area contributed by atoms with Crippen molar-refractivity contribution in [2.75, 3.05) is 5.32 Å². The van der Waals surface area contributed by atoms with E-state index in [9.17, 15) is 4.79 Å².